The van der Waals surface area contributed by atoms with Crippen LogP contribution in [0.25, 0.3) is 11.4 Å². The number of aromatic nitrogens is 3. The van der Waals surface area contributed by atoms with Crippen molar-refractivity contribution >= 4 is 0 Å². The van der Waals surface area contributed by atoms with Gasteiger partial charge in [0.15, 0.2) is 0 Å². The highest BCUT2D eigenvalue weighted by Gasteiger charge is 2.08. The minimum atomic E-state index is 0.481. The van der Waals surface area contributed by atoms with Crippen LogP contribution in [0.4, 0.5) is 0 Å². The maximum absolute atomic E-state index is 5.58. The first-order valence-corrected chi connectivity index (χ1v) is 4.20. The summed E-state index contributed by atoms with van der Waals surface area (Å²) in [6.45, 7) is 2.40. The van der Waals surface area contributed by atoms with Crippen LogP contribution < -0.4 is 5.73 Å². The minimum absolute atomic E-state index is 0.481. The number of aromatic amines is 2. The van der Waals surface area contributed by atoms with Gasteiger partial charge < -0.3 is 15.7 Å². The van der Waals surface area contributed by atoms with E-state index in [0.717, 1.165) is 22.9 Å². The van der Waals surface area contributed by atoms with Crippen molar-refractivity contribution in [3.8, 4) is 11.4 Å². The number of H-pyrrole nitrogens is 2. The van der Waals surface area contributed by atoms with Crippen LogP contribution >= 0.6 is 0 Å². The molecule has 0 unspecified atom stereocenters. The summed E-state index contributed by atoms with van der Waals surface area (Å²) in [5.41, 5.74) is 8.48. The molecular formula is C9H12N4. The van der Waals surface area contributed by atoms with Crippen LogP contribution in [-0.4, -0.2) is 15.0 Å². The smallest absolute Gasteiger partial charge is 0.109 e. The molecule has 4 heteroatoms. The van der Waals surface area contributed by atoms with Gasteiger partial charge in [0.2, 0.25) is 0 Å². The number of nitrogens with one attached hydrogen (secondary N) is 2. The second kappa shape index (κ2) is 3.06. The first kappa shape index (κ1) is 8.07. The highest BCUT2D eigenvalue weighted by molar-refractivity contribution is 5.57. The standard InChI is InChI=1S/C9H12N4/c1-6-12-8(5-10)9(13-6)7-3-2-4-11-7/h2-4,11H,5,10H2,1H3,(H,12,13). The first-order valence-electron chi connectivity index (χ1n) is 4.20. The van der Waals surface area contributed by atoms with Crippen molar-refractivity contribution in [3.63, 3.8) is 0 Å². The lowest BCUT2D eigenvalue weighted by molar-refractivity contribution is 0.997. The molecule has 0 aliphatic rings. The second-order valence-corrected chi connectivity index (χ2v) is 2.94. The number of hydrogen-bond donors (Lipinski definition) is 3. The predicted molar refractivity (Wildman–Crippen MR) is 51.0 cm³/mol. The normalized spacial score (nSPS) is 10.6. The summed E-state index contributed by atoms with van der Waals surface area (Å²) in [5, 5.41) is 0. The summed E-state index contributed by atoms with van der Waals surface area (Å²) in [4.78, 5) is 10.6. The fraction of sp³-hybridized carbons (Fsp3) is 0.222. The molecule has 0 atom stereocenters. The maximum atomic E-state index is 5.58. The Morgan fingerprint density at radius 2 is 2.38 bits per heavy atom. The van der Waals surface area contributed by atoms with Crippen LogP contribution in [0.15, 0.2) is 18.3 Å². The summed E-state index contributed by atoms with van der Waals surface area (Å²) < 4.78 is 0. The van der Waals surface area contributed by atoms with E-state index in [4.69, 9.17) is 5.73 Å². The van der Waals surface area contributed by atoms with E-state index in [1.54, 1.807) is 0 Å². The Balaban J connectivity index is 2.50. The number of aryl methyl sites for hydroxylation is 1. The first-order chi connectivity index (χ1) is 6.31. The third-order valence-electron chi connectivity index (χ3n) is 1.95. The molecule has 0 fully saturated rings. The fourth-order valence-corrected chi connectivity index (χ4v) is 1.39. The number of hydrogen-bond acceptors (Lipinski definition) is 2. The molecule has 0 aromatic carbocycles. The van der Waals surface area contributed by atoms with Gasteiger partial charge in [0.05, 0.1) is 11.4 Å². The topological polar surface area (TPSA) is 70.5 Å². The molecule has 13 heavy (non-hydrogen) atoms. The summed E-state index contributed by atoms with van der Waals surface area (Å²) >= 11 is 0. The van der Waals surface area contributed by atoms with E-state index in [1.807, 2.05) is 25.3 Å². The molecule has 4 nitrogen and oxygen atoms in total. The Bertz CT molecular complexity index is 386. The van der Waals surface area contributed by atoms with Crippen LogP contribution in [0.5, 0.6) is 0 Å². The Morgan fingerprint density at radius 3 is 3.00 bits per heavy atom. The molecule has 0 amide bonds. The van der Waals surface area contributed by atoms with Crippen molar-refractivity contribution < 1.29 is 0 Å². The Hall–Kier alpha value is -1.55. The molecular weight excluding hydrogens is 164 g/mol. The second-order valence-electron chi connectivity index (χ2n) is 2.94. The van der Waals surface area contributed by atoms with Gasteiger partial charge in [0.1, 0.15) is 11.5 Å². The van der Waals surface area contributed by atoms with E-state index in [2.05, 4.69) is 15.0 Å². The summed E-state index contributed by atoms with van der Waals surface area (Å²) in [5.74, 6) is 0.894. The third-order valence-corrected chi connectivity index (χ3v) is 1.95. The molecule has 2 aromatic heterocycles. The van der Waals surface area contributed by atoms with Crippen molar-refractivity contribution in [1.29, 1.82) is 0 Å². The van der Waals surface area contributed by atoms with E-state index in [-0.39, 0.29) is 0 Å². The molecule has 0 bridgehead atoms. The summed E-state index contributed by atoms with van der Waals surface area (Å²) in [7, 11) is 0. The molecule has 0 aliphatic heterocycles. The molecule has 2 heterocycles. The summed E-state index contributed by atoms with van der Waals surface area (Å²) in [6.07, 6.45) is 1.87. The van der Waals surface area contributed by atoms with Crippen LogP contribution in [0.3, 0.4) is 0 Å². The molecule has 2 rings (SSSR count). The van der Waals surface area contributed by atoms with E-state index in [1.165, 1.54) is 0 Å². The van der Waals surface area contributed by atoms with E-state index < -0.39 is 0 Å². The number of nitrogens with two attached hydrogens (primary N) is 1. The Labute approximate surface area is 76.2 Å². The van der Waals surface area contributed by atoms with Crippen molar-refractivity contribution in [3.05, 3.63) is 29.8 Å². The van der Waals surface area contributed by atoms with Gasteiger partial charge in [-0.3, -0.25) is 0 Å². The molecule has 0 saturated carbocycles. The molecule has 2 aromatic rings. The van der Waals surface area contributed by atoms with Crippen LogP contribution in [0, 0.1) is 6.92 Å². The fourth-order valence-electron chi connectivity index (χ4n) is 1.39. The predicted octanol–water partition coefficient (Wildman–Crippen LogP) is 1.17. The molecule has 0 saturated heterocycles. The lowest BCUT2D eigenvalue weighted by Crippen LogP contribution is -1.98. The van der Waals surface area contributed by atoms with Gasteiger partial charge in [0.25, 0.3) is 0 Å². The SMILES string of the molecule is Cc1nc(-c2ccc[nH]2)c(CN)[nH]1. The van der Waals surface area contributed by atoms with Gasteiger partial charge in [-0.15, -0.1) is 0 Å². The van der Waals surface area contributed by atoms with Gasteiger partial charge in [-0.05, 0) is 19.1 Å². The quantitative estimate of drug-likeness (QED) is 0.642. The number of imidazole rings is 1. The van der Waals surface area contributed by atoms with Gasteiger partial charge >= 0.3 is 0 Å². The molecule has 4 N–H and O–H groups in total. The highest BCUT2D eigenvalue weighted by Crippen LogP contribution is 2.18. The van der Waals surface area contributed by atoms with Crippen molar-refractivity contribution in [2.75, 3.05) is 0 Å². The van der Waals surface area contributed by atoms with Crippen molar-refractivity contribution in [2.24, 2.45) is 5.73 Å². The van der Waals surface area contributed by atoms with E-state index >= 15 is 0 Å². The third kappa shape index (κ3) is 1.36. The van der Waals surface area contributed by atoms with Crippen LogP contribution in [-0.2, 0) is 6.54 Å². The minimum Gasteiger partial charge on any atom is -0.360 e. The van der Waals surface area contributed by atoms with Crippen molar-refractivity contribution in [1.82, 2.24) is 15.0 Å². The number of rotatable bonds is 2. The number of nitrogens with zero attached hydrogens (tertiary/aromatic N) is 1. The molecule has 0 spiro atoms. The highest BCUT2D eigenvalue weighted by atomic mass is 15.0. The maximum Gasteiger partial charge on any atom is 0.109 e. The Morgan fingerprint density at radius 1 is 1.54 bits per heavy atom. The van der Waals surface area contributed by atoms with Gasteiger partial charge in [-0.1, -0.05) is 0 Å². The Kier molecular flexibility index (Phi) is 1.90. The van der Waals surface area contributed by atoms with E-state index in [9.17, 15) is 0 Å². The zero-order valence-electron chi connectivity index (χ0n) is 7.46. The van der Waals surface area contributed by atoms with E-state index in [0.29, 0.717) is 6.54 Å². The monoisotopic (exact) mass is 176 g/mol. The van der Waals surface area contributed by atoms with Crippen molar-refractivity contribution in [2.45, 2.75) is 13.5 Å². The molecule has 0 aliphatic carbocycles. The van der Waals surface area contributed by atoms with Gasteiger partial charge in [-0.25, -0.2) is 4.98 Å². The van der Waals surface area contributed by atoms with Crippen LogP contribution in [0.2, 0.25) is 0 Å². The zero-order chi connectivity index (χ0) is 9.26. The van der Waals surface area contributed by atoms with Crippen LogP contribution in [0.1, 0.15) is 11.5 Å². The zero-order valence-corrected chi connectivity index (χ0v) is 7.46. The summed E-state index contributed by atoms with van der Waals surface area (Å²) in [6, 6.07) is 3.93. The molecule has 68 valence electrons. The molecule has 0 radical (unpaired) electrons. The average molecular weight is 176 g/mol. The largest absolute Gasteiger partial charge is 0.360 e. The lowest BCUT2D eigenvalue weighted by atomic mass is 10.2. The van der Waals surface area contributed by atoms with Gasteiger partial charge in [0, 0.05) is 12.7 Å². The van der Waals surface area contributed by atoms with Gasteiger partial charge in [-0.2, -0.15) is 0 Å². The average Bonchev–Trinajstić information content (AvgIpc) is 2.71. The lowest BCUT2D eigenvalue weighted by Gasteiger charge is -1.95.